The van der Waals surface area contributed by atoms with Crippen LogP contribution in [-0.2, 0) is 72.2 Å². The highest BCUT2D eigenvalue weighted by molar-refractivity contribution is 7.86. The fourth-order valence-electron chi connectivity index (χ4n) is 9.55. The molecule has 5 heterocycles. The number of carbonyl (C=O) groups excluding carboxylic acids is 2. The molecule has 2 unspecified atom stereocenters. The van der Waals surface area contributed by atoms with E-state index < -0.39 is 91.8 Å². The van der Waals surface area contributed by atoms with Gasteiger partial charge in [0.1, 0.15) is 40.7 Å². The highest BCUT2D eigenvalue weighted by Gasteiger charge is 2.50. The summed E-state index contributed by atoms with van der Waals surface area (Å²) in [6.07, 6.45) is 1.70. The number of aliphatic hydroxyl groups is 1. The molecule has 30 nitrogen and oxygen atoms in total. The first-order chi connectivity index (χ1) is 36.6. The van der Waals surface area contributed by atoms with Crippen molar-refractivity contribution in [2.75, 3.05) is 43.4 Å². The van der Waals surface area contributed by atoms with Crippen LogP contribution in [0.15, 0.2) is 82.8 Å². The molecule has 0 saturated carbocycles. The van der Waals surface area contributed by atoms with Crippen LogP contribution >= 0.6 is 23.5 Å². The van der Waals surface area contributed by atoms with E-state index in [1.807, 2.05) is 62.3 Å². The van der Waals surface area contributed by atoms with Gasteiger partial charge in [-0.2, -0.15) is 21.6 Å². The number of phosphoric ester groups is 1. The maximum absolute atomic E-state index is 13.0. The van der Waals surface area contributed by atoms with Crippen molar-refractivity contribution in [3.63, 3.8) is 0 Å². The minimum atomic E-state index is -5.91. The molecule has 3 aliphatic rings. The number of phosphoric acid groups is 3. The number of allylic oxidation sites excluding steroid dienone is 4. The first kappa shape index (κ1) is 61.3. The average Bonchev–Trinajstić information content (AvgIpc) is 4.06. The number of alkyl carbamates (subject to hydrolysis) is 1. The number of rotatable bonds is 23. The number of aromatic nitrogens is 4. The molecule has 1 saturated heterocycles. The van der Waals surface area contributed by atoms with Gasteiger partial charge in [0, 0.05) is 67.0 Å². The maximum Gasteiger partial charge on any atom is 0.490 e. The van der Waals surface area contributed by atoms with Gasteiger partial charge in [-0.15, -0.1) is 0 Å². The summed E-state index contributed by atoms with van der Waals surface area (Å²) in [6, 6.07) is 8.71. The SMILES string of the molecule is CCN1/C(=C/C=C/C2=[N+](CCCCCC(=O)NCCNC(=O)O[C@H]3[C@@H](O)[C@H](n4cnc5c(N)ncnc54)O[C@@H]3COP(=O)(O)OP(=O)(O)OP(=O)(O)O)c3ccc(S(=O)(=O)O)cc3C2(C)C)C(C)(C)c2cc(S(=O)(=O)[O-])ccc21. The summed E-state index contributed by atoms with van der Waals surface area (Å²) in [6.45, 7) is 9.22. The molecule has 3 aliphatic heterocycles. The number of hydrogen-bond donors (Lipinski definition) is 9. The van der Waals surface area contributed by atoms with Gasteiger partial charge in [0.2, 0.25) is 11.6 Å². The Morgan fingerprint density at radius 3 is 2.27 bits per heavy atom. The van der Waals surface area contributed by atoms with Crippen LogP contribution in [0.4, 0.5) is 22.0 Å². The second-order valence-corrected chi connectivity index (χ2v) is 26.4. The van der Waals surface area contributed by atoms with Crippen molar-refractivity contribution in [3.8, 4) is 0 Å². The number of hydrogen-bond acceptors (Lipinski definition) is 21. The minimum absolute atomic E-state index is 0.0410. The van der Waals surface area contributed by atoms with Gasteiger partial charge in [-0.25, -0.2) is 41.9 Å². The first-order valence-electron chi connectivity index (χ1n) is 23.9. The molecule has 4 aromatic rings. The zero-order chi connectivity index (χ0) is 58.3. The van der Waals surface area contributed by atoms with Crippen LogP contribution in [-0.4, -0.2) is 144 Å². The molecule has 79 heavy (non-hydrogen) atoms. The van der Waals surface area contributed by atoms with Gasteiger partial charge >= 0.3 is 29.6 Å². The third-order valence-electron chi connectivity index (χ3n) is 13.2. The Morgan fingerprint density at radius 2 is 1.59 bits per heavy atom. The number of nitrogens with one attached hydrogen (secondary N) is 2. The zero-order valence-corrected chi connectivity index (χ0v) is 47.1. The Balaban J connectivity index is 0.952. The van der Waals surface area contributed by atoms with Crippen LogP contribution in [0, 0.1) is 0 Å². The van der Waals surface area contributed by atoms with Crippen LogP contribution in [0.2, 0.25) is 0 Å². The summed E-state index contributed by atoms with van der Waals surface area (Å²) in [5, 5.41) is 16.4. The molecule has 6 atom stereocenters. The zero-order valence-electron chi connectivity index (χ0n) is 42.7. The molecule has 10 N–H and O–H groups in total. The third kappa shape index (κ3) is 14.0. The van der Waals surface area contributed by atoms with E-state index in [0.717, 1.165) is 29.8 Å². The van der Waals surface area contributed by atoms with Crippen LogP contribution in [0.1, 0.15) is 77.7 Å². The number of fused-ring (bicyclic) bond motifs is 3. The molecule has 2 aromatic carbocycles. The Labute approximate surface area is 452 Å². The normalized spacial score (nSPS) is 22.0. The smallest absolute Gasteiger partial charge is 0.490 e. The largest absolute Gasteiger partial charge is 0.744 e. The molecule has 0 radical (unpaired) electrons. The molecular formula is C44H58N9O21P3S2. The number of imidazole rings is 1. The third-order valence-corrected chi connectivity index (χ3v) is 18.7. The molecule has 2 aromatic heterocycles. The summed E-state index contributed by atoms with van der Waals surface area (Å²) in [4.78, 5) is 76.6. The van der Waals surface area contributed by atoms with E-state index in [1.54, 1.807) is 12.1 Å². The molecule has 2 amide bonds. The number of anilines is 2. The number of nitrogens with two attached hydrogens (primary N) is 1. The molecule has 0 aliphatic carbocycles. The predicted molar refractivity (Wildman–Crippen MR) is 276 cm³/mol. The molecule has 432 valence electrons. The monoisotopic (exact) mass is 1210 g/mol. The lowest BCUT2D eigenvalue weighted by Crippen LogP contribution is -2.42. The summed E-state index contributed by atoms with van der Waals surface area (Å²) in [5.74, 6) is -0.410. The van der Waals surface area contributed by atoms with Gasteiger partial charge < -0.3 is 60.0 Å². The van der Waals surface area contributed by atoms with Crippen LogP contribution < -0.4 is 21.3 Å². The van der Waals surface area contributed by atoms with Gasteiger partial charge in [0.15, 0.2) is 29.5 Å². The number of nitrogens with zero attached hydrogens (tertiary/aromatic N) is 6. The van der Waals surface area contributed by atoms with Crippen molar-refractivity contribution in [1.82, 2.24) is 30.2 Å². The van der Waals surface area contributed by atoms with E-state index in [1.165, 1.54) is 28.8 Å². The average molecular weight is 1210 g/mol. The summed E-state index contributed by atoms with van der Waals surface area (Å²) < 4.78 is 132. The van der Waals surface area contributed by atoms with Crippen molar-refractivity contribution in [2.24, 2.45) is 0 Å². The van der Waals surface area contributed by atoms with E-state index in [-0.39, 0.29) is 52.2 Å². The van der Waals surface area contributed by atoms with Gasteiger partial charge in [0.25, 0.3) is 10.1 Å². The topological polar surface area (TPSA) is 444 Å². The number of ether oxygens (including phenoxy) is 2. The first-order valence-corrected chi connectivity index (χ1v) is 31.3. The number of carbonyl (C=O) groups is 2. The Bertz CT molecular complexity index is 3510. The molecule has 7 rings (SSSR count). The van der Waals surface area contributed by atoms with Crippen LogP contribution in [0.5, 0.6) is 0 Å². The van der Waals surface area contributed by atoms with E-state index in [0.29, 0.717) is 49.2 Å². The van der Waals surface area contributed by atoms with Crippen molar-refractivity contribution in [2.45, 2.75) is 105 Å². The molecular weight excluding hydrogens is 1150 g/mol. The Kier molecular flexibility index (Phi) is 18.0. The summed E-state index contributed by atoms with van der Waals surface area (Å²) in [7, 11) is -26.6. The van der Waals surface area contributed by atoms with Crippen molar-refractivity contribution >= 4 is 89.8 Å². The minimum Gasteiger partial charge on any atom is -0.744 e. The van der Waals surface area contributed by atoms with Crippen molar-refractivity contribution < 1.29 is 101 Å². The fourth-order valence-corrected chi connectivity index (χ4v) is 13.6. The summed E-state index contributed by atoms with van der Waals surface area (Å²) >= 11 is 0. The lowest BCUT2D eigenvalue weighted by Gasteiger charge is -2.25. The molecule has 35 heteroatoms. The van der Waals surface area contributed by atoms with Gasteiger partial charge in [-0.05, 0) is 75.6 Å². The van der Waals surface area contributed by atoms with Crippen molar-refractivity contribution in [1.29, 1.82) is 0 Å². The summed E-state index contributed by atoms with van der Waals surface area (Å²) in [5.41, 5.74) is 8.97. The van der Waals surface area contributed by atoms with E-state index in [2.05, 4.69) is 34.2 Å². The standard InChI is InChI=1S/C44H58N9O21P3S2/c1-6-51-30-16-14-26(78(64,65)66)21-28(30)43(2,3)33(51)11-10-12-34-44(4,5)29-22-27(79(67,68)69)15-17-31(29)52(34)20-9-7-8-13-35(54)46-18-19-47-42(56)72-38-32(23-70-76(60,61)74-77(62,63)73-75(57,58)59)71-41(37(38)55)53-25-50-36-39(45)48-24-49-40(36)53/h10-12,14-17,21-22,24-25,32,37-38,41,55H,6-9,13,18-20,23H2,1-5H3,(H9-,45,46,47,48,49,54,56,57,58,59,60,61,62,63,64,65,66,67,68,69)/t32-,37-,38-,41-/m1/s1. The van der Waals surface area contributed by atoms with Gasteiger partial charge in [0.05, 0.1) is 28.1 Å². The lowest BCUT2D eigenvalue weighted by atomic mass is 9.81. The second kappa shape index (κ2) is 23.2. The molecule has 1 fully saturated rings. The predicted octanol–water partition coefficient (Wildman–Crippen LogP) is 3.27. The quantitative estimate of drug-likeness (QED) is 0.0223. The number of benzene rings is 2. The van der Waals surface area contributed by atoms with Crippen LogP contribution in [0.25, 0.3) is 11.2 Å². The molecule has 0 bridgehead atoms. The van der Waals surface area contributed by atoms with Crippen LogP contribution in [0.3, 0.4) is 0 Å². The second-order valence-electron chi connectivity index (χ2n) is 19.2. The van der Waals surface area contributed by atoms with E-state index in [4.69, 9.17) is 29.5 Å². The number of nitrogen functional groups attached to an aromatic ring is 1. The Morgan fingerprint density at radius 1 is 0.911 bits per heavy atom. The lowest BCUT2D eigenvalue weighted by molar-refractivity contribution is -0.438. The Hall–Kier alpha value is -5.37. The number of aliphatic hydroxyl groups excluding tert-OH is 1. The number of amides is 2. The molecule has 0 spiro atoms. The van der Waals surface area contributed by atoms with Crippen molar-refractivity contribution in [3.05, 3.63) is 84.1 Å². The highest BCUT2D eigenvalue weighted by Crippen LogP contribution is 2.66. The highest BCUT2D eigenvalue weighted by atomic mass is 32.2. The van der Waals surface area contributed by atoms with E-state index in [9.17, 15) is 64.1 Å². The fraction of sp³-hybridized carbons (Fsp3) is 0.455. The maximum atomic E-state index is 13.0. The number of unbranched alkanes of at least 4 members (excludes halogenated alkanes) is 2. The van der Waals surface area contributed by atoms with Gasteiger partial charge in [-0.1, -0.05) is 19.9 Å². The van der Waals surface area contributed by atoms with E-state index >= 15 is 0 Å². The number of likely N-dealkylation sites (N-methyl/N-ethyl adjacent to an activating group) is 1. The van der Waals surface area contributed by atoms with Gasteiger partial charge in [-0.3, -0.25) is 18.4 Å².